The summed E-state index contributed by atoms with van der Waals surface area (Å²) in [6, 6.07) is 15.4. The zero-order chi connectivity index (χ0) is 15.2. The maximum absolute atomic E-state index is 10.6. The highest BCUT2D eigenvalue weighted by Gasteiger charge is 2.08. The average molecular weight is 347 g/mol. The predicted octanol–water partition coefficient (Wildman–Crippen LogP) is 4.69. The molecule has 0 spiro atoms. The number of hydrogen-bond donors (Lipinski definition) is 1. The first kappa shape index (κ1) is 15.3. The van der Waals surface area contributed by atoms with Crippen LogP contribution in [0.1, 0.15) is 24.2 Å². The molecule has 2 rings (SSSR count). The highest BCUT2D eigenvalue weighted by Crippen LogP contribution is 2.27. The quantitative estimate of drug-likeness (QED) is 0.799. The number of carbonyl (C=O) groups is 1. The lowest BCUT2D eigenvalue weighted by molar-refractivity contribution is -0.131. The van der Waals surface area contributed by atoms with Crippen LogP contribution in [0.3, 0.4) is 0 Å². The smallest absolute Gasteiger partial charge is 0.328 e. The summed E-state index contributed by atoms with van der Waals surface area (Å²) in [7, 11) is 0. The molecule has 3 nitrogen and oxygen atoms in total. The largest absolute Gasteiger partial charge is 0.486 e. The Bertz CT molecular complexity index is 650. The number of ether oxygens (including phenoxy) is 1. The minimum atomic E-state index is -0.981. The number of carboxylic acids is 1. The molecule has 0 fully saturated rings. The fraction of sp³-hybridized carbons (Fsp3) is 0.118. The zero-order valence-electron chi connectivity index (χ0n) is 11.5. The standard InChI is InChI=1S/C17H15BrO3/c1-12(13-5-3-2-4-6-13)21-15-8-9-16(18)14(11-15)7-10-17(19)20/h2-12H,1H3,(H,19,20)/b10-7+. The molecule has 2 aromatic carbocycles. The van der Waals surface area contributed by atoms with Crippen molar-refractivity contribution >= 4 is 28.0 Å². The summed E-state index contributed by atoms with van der Waals surface area (Å²) < 4.78 is 6.72. The molecular weight excluding hydrogens is 332 g/mol. The first-order valence-electron chi connectivity index (χ1n) is 6.48. The first-order valence-corrected chi connectivity index (χ1v) is 7.27. The Morgan fingerprint density at radius 1 is 1.24 bits per heavy atom. The van der Waals surface area contributed by atoms with E-state index in [1.54, 1.807) is 0 Å². The summed E-state index contributed by atoms with van der Waals surface area (Å²) >= 11 is 3.39. The van der Waals surface area contributed by atoms with Gasteiger partial charge < -0.3 is 9.84 Å². The molecule has 0 aliphatic heterocycles. The van der Waals surface area contributed by atoms with E-state index in [4.69, 9.17) is 9.84 Å². The summed E-state index contributed by atoms with van der Waals surface area (Å²) in [6.45, 7) is 1.98. The molecule has 4 heteroatoms. The van der Waals surface area contributed by atoms with Crippen LogP contribution in [0.5, 0.6) is 5.75 Å². The lowest BCUT2D eigenvalue weighted by atomic mass is 10.1. The Kier molecular flexibility index (Phi) is 5.17. The van der Waals surface area contributed by atoms with E-state index in [2.05, 4.69) is 15.9 Å². The molecule has 0 amide bonds. The van der Waals surface area contributed by atoms with E-state index in [0.717, 1.165) is 21.7 Å². The van der Waals surface area contributed by atoms with Crippen LogP contribution in [0.25, 0.3) is 6.08 Å². The monoisotopic (exact) mass is 346 g/mol. The number of carboxylic acid groups (broad SMARTS) is 1. The average Bonchev–Trinajstić information content (AvgIpc) is 2.48. The van der Waals surface area contributed by atoms with Gasteiger partial charge in [-0.15, -0.1) is 0 Å². The van der Waals surface area contributed by atoms with Crippen LogP contribution >= 0.6 is 15.9 Å². The van der Waals surface area contributed by atoms with Gasteiger partial charge in [-0.25, -0.2) is 4.79 Å². The van der Waals surface area contributed by atoms with Crippen LogP contribution in [0, 0.1) is 0 Å². The second-order valence-corrected chi connectivity index (χ2v) is 5.38. The number of rotatable bonds is 5. The Hall–Kier alpha value is -2.07. The summed E-state index contributed by atoms with van der Waals surface area (Å²) in [6.07, 6.45) is 2.56. The van der Waals surface area contributed by atoms with E-state index in [1.165, 1.54) is 6.08 Å². The zero-order valence-corrected chi connectivity index (χ0v) is 13.1. The normalized spacial score (nSPS) is 12.3. The third-order valence-corrected chi connectivity index (χ3v) is 3.68. The van der Waals surface area contributed by atoms with Crippen LogP contribution < -0.4 is 4.74 Å². The molecule has 0 heterocycles. The molecule has 0 aliphatic carbocycles. The van der Waals surface area contributed by atoms with Gasteiger partial charge in [0, 0.05) is 10.5 Å². The Balaban J connectivity index is 2.17. The fourth-order valence-corrected chi connectivity index (χ4v) is 2.26. The molecule has 1 N–H and O–H groups in total. The Morgan fingerprint density at radius 3 is 2.62 bits per heavy atom. The molecule has 0 bridgehead atoms. The second kappa shape index (κ2) is 7.09. The molecule has 2 aromatic rings. The minimum absolute atomic E-state index is 0.0799. The van der Waals surface area contributed by atoms with E-state index in [9.17, 15) is 4.79 Å². The molecule has 108 valence electrons. The third kappa shape index (κ3) is 4.46. The lowest BCUT2D eigenvalue weighted by Crippen LogP contribution is -2.02. The molecule has 0 aliphatic rings. The maximum atomic E-state index is 10.6. The van der Waals surface area contributed by atoms with Crippen LogP contribution in [-0.2, 0) is 4.79 Å². The van der Waals surface area contributed by atoms with Crippen molar-refractivity contribution < 1.29 is 14.6 Å². The van der Waals surface area contributed by atoms with Gasteiger partial charge in [-0.1, -0.05) is 46.3 Å². The van der Waals surface area contributed by atoms with Gasteiger partial charge in [0.15, 0.2) is 0 Å². The molecule has 0 saturated heterocycles. The van der Waals surface area contributed by atoms with Crippen molar-refractivity contribution in [2.24, 2.45) is 0 Å². The van der Waals surface area contributed by atoms with Crippen LogP contribution in [0.2, 0.25) is 0 Å². The molecule has 1 unspecified atom stereocenters. The highest BCUT2D eigenvalue weighted by molar-refractivity contribution is 9.10. The summed E-state index contributed by atoms with van der Waals surface area (Å²) in [5.41, 5.74) is 1.85. The van der Waals surface area contributed by atoms with Crippen molar-refractivity contribution in [3.63, 3.8) is 0 Å². The van der Waals surface area contributed by atoms with E-state index in [-0.39, 0.29) is 6.10 Å². The number of benzene rings is 2. The van der Waals surface area contributed by atoms with Crippen molar-refractivity contribution in [1.82, 2.24) is 0 Å². The van der Waals surface area contributed by atoms with Gasteiger partial charge in [-0.05, 0) is 42.3 Å². The van der Waals surface area contributed by atoms with Crippen molar-refractivity contribution in [3.05, 3.63) is 70.2 Å². The van der Waals surface area contributed by atoms with Crippen molar-refractivity contribution in [3.8, 4) is 5.75 Å². The van der Waals surface area contributed by atoms with Crippen LogP contribution in [0.4, 0.5) is 0 Å². The third-order valence-electron chi connectivity index (χ3n) is 2.95. The number of hydrogen-bond acceptors (Lipinski definition) is 2. The summed E-state index contributed by atoms with van der Waals surface area (Å²) in [5.74, 6) is -0.287. The van der Waals surface area contributed by atoms with E-state index >= 15 is 0 Å². The predicted molar refractivity (Wildman–Crippen MR) is 86.3 cm³/mol. The highest BCUT2D eigenvalue weighted by atomic mass is 79.9. The molecule has 0 aromatic heterocycles. The number of halogens is 1. The summed E-state index contributed by atoms with van der Waals surface area (Å²) in [4.78, 5) is 10.6. The van der Waals surface area contributed by atoms with Crippen molar-refractivity contribution in [2.45, 2.75) is 13.0 Å². The molecule has 1 atom stereocenters. The molecule has 21 heavy (non-hydrogen) atoms. The first-order chi connectivity index (χ1) is 10.1. The van der Waals surface area contributed by atoms with Gasteiger partial charge in [0.05, 0.1) is 0 Å². The topological polar surface area (TPSA) is 46.5 Å². The van der Waals surface area contributed by atoms with Gasteiger partial charge in [0.2, 0.25) is 0 Å². The Morgan fingerprint density at radius 2 is 1.95 bits per heavy atom. The second-order valence-electron chi connectivity index (χ2n) is 4.53. The van der Waals surface area contributed by atoms with Crippen LogP contribution in [-0.4, -0.2) is 11.1 Å². The molecular formula is C17H15BrO3. The van der Waals surface area contributed by atoms with Crippen molar-refractivity contribution in [1.29, 1.82) is 0 Å². The van der Waals surface area contributed by atoms with Gasteiger partial charge >= 0.3 is 5.97 Å². The fourth-order valence-electron chi connectivity index (χ4n) is 1.88. The minimum Gasteiger partial charge on any atom is -0.486 e. The van der Waals surface area contributed by atoms with E-state index in [1.807, 2.05) is 55.5 Å². The van der Waals surface area contributed by atoms with Gasteiger partial charge in [-0.3, -0.25) is 0 Å². The van der Waals surface area contributed by atoms with Crippen LogP contribution in [0.15, 0.2) is 59.1 Å². The van der Waals surface area contributed by atoms with Gasteiger partial charge in [-0.2, -0.15) is 0 Å². The van der Waals surface area contributed by atoms with Gasteiger partial charge in [0.25, 0.3) is 0 Å². The van der Waals surface area contributed by atoms with E-state index < -0.39 is 5.97 Å². The maximum Gasteiger partial charge on any atom is 0.328 e. The Labute approximate surface area is 132 Å². The molecule has 0 saturated carbocycles. The summed E-state index contributed by atoms with van der Waals surface area (Å²) in [5, 5.41) is 8.70. The number of aliphatic carboxylic acids is 1. The van der Waals surface area contributed by atoms with E-state index in [0.29, 0.717) is 5.75 Å². The molecule has 0 radical (unpaired) electrons. The van der Waals surface area contributed by atoms with Gasteiger partial charge in [0.1, 0.15) is 11.9 Å². The lowest BCUT2D eigenvalue weighted by Gasteiger charge is -2.15. The van der Waals surface area contributed by atoms with Crippen molar-refractivity contribution in [2.75, 3.05) is 0 Å². The SMILES string of the molecule is CC(Oc1ccc(Br)c(/C=C/C(=O)O)c1)c1ccccc1.